The molecule has 0 amide bonds. The van der Waals surface area contributed by atoms with Gasteiger partial charge in [0.25, 0.3) is 0 Å². The van der Waals surface area contributed by atoms with Crippen molar-refractivity contribution in [2.75, 3.05) is 18.5 Å². The van der Waals surface area contributed by atoms with E-state index < -0.39 is 5.97 Å². The Hall–Kier alpha value is 0.250. The van der Waals surface area contributed by atoms with Crippen molar-refractivity contribution in [1.82, 2.24) is 0 Å². The maximum Gasteiger partial charge on any atom is 1.00 e. The molecule has 2 rings (SSSR count). The van der Waals surface area contributed by atoms with Crippen LogP contribution in [0.5, 0.6) is 5.75 Å². The zero-order valence-corrected chi connectivity index (χ0v) is 11.8. The van der Waals surface area contributed by atoms with Crippen LogP contribution in [0.25, 0.3) is 0 Å². The molecule has 0 bridgehead atoms. The van der Waals surface area contributed by atoms with Gasteiger partial charge >= 0.3 is 29.6 Å². The first-order valence-electron chi connectivity index (χ1n) is 3.60. The molecule has 0 fully saturated rings. The number of carboxylic acid groups (broad SMARTS) is 1. The van der Waals surface area contributed by atoms with Crippen LogP contribution < -0.4 is 44.7 Å². The number of nitrogens with one attached hydrogen (secondary N) is 1. The van der Waals surface area contributed by atoms with Gasteiger partial charge in [0.1, 0.15) is 10.4 Å². The van der Waals surface area contributed by atoms with Crippen LogP contribution in [0.4, 0.5) is 5.69 Å². The molecule has 1 aromatic heterocycles. The fourth-order valence-corrected chi connectivity index (χ4v) is 2.73. The summed E-state index contributed by atoms with van der Waals surface area (Å²) in [7, 11) is 0. The number of carboxylic acids is 1. The number of thiophene rings is 1. The first kappa shape index (κ1) is 12.3. The summed E-state index contributed by atoms with van der Waals surface area (Å²) in [5.41, 5.74) is 0.531. The van der Waals surface area contributed by atoms with Crippen LogP contribution in [0, 0.1) is 0 Å². The van der Waals surface area contributed by atoms with Crippen LogP contribution in [0.3, 0.4) is 0 Å². The second kappa shape index (κ2) is 4.85. The van der Waals surface area contributed by atoms with Gasteiger partial charge in [-0.05, 0) is 15.9 Å². The number of carbonyl (C=O) groups is 1. The quantitative estimate of drug-likeness (QED) is 0.589. The number of fused-ring (bicyclic) bond motifs is 1. The molecule has 0 atom stereocenters. The summed E-state index contributed by atoms with van der Waals surface area (Å²) in [6.45, 7) is 1.17. The maximum absolute atomic E-state index is 10.7. The largest absolute Gasteiger partial charge is 1.00 e. The van der Waals surface area contributed by atoms with Gasteiger partial charge in [-0.25, -0.2) is 0 Å². The Morgan fingerprint density at radius 1 is 1.64 bits per heavy atom. The summed E-state index contributed by atoms with van der Waals surface area (Å²) < 4.78 is 5.98. The summed E-state index contributed by atoms with van der Waals surface area (Å²) in [6.07, 6.45) is 0. The van der Waals surface area contributed by atoms with E-state index in [-0.39, 0.29) is 34.4 Å². The topological polar surface area (TPSA) is 61.4 Å². The van der Waals surface area contributed by atoms with Crippen LogP contribution in [0.15, 0.2) is 3.79 Å². The van der Waals surface area contributed by atoms with E-state index >= 15 is 0 Å². The Bertz CT molecular complexity index is 368. The molecule has 70 valence electrons. The average Bonchev–Trinajstić information content (AvgIpc) is 2.45. The SMILES string of the molecule is O=C([O-])c1sc(Br)c2c1NCCO2.[Na+]. The predicted octanol–water partition coefficient (Wildman–Crippen LogP) is -2.32. The van der Waals surface area contributed by atoms with Gasteiger partial charge in [0, 0.05) is 6.54 Å². The Morgan fingerprint density at radius 2 is 2.36 bits per heavy atom. The Morgan fingerprint density at radius 3 is 3.00 bits per heavy atom. The van der Waals surface area contributed by atoms with Crippen LogP contribution in [0.2, 0.25) is 0 Å². The van der Waals surface area contributed by atoms with Gasteiger partial charge in [-0.15, -0.1) is 11.3 Å². The maximum atomic E-state index is 10.7. The second-order valence-electron chi connectivity index (χ2n) is 2.47. The van der Waals surface area contributed by atoms with Crippen molar-refractivity contribution in [3.63, 3.8) is 0 Å². The van der Waals surface area contributed by atoms with Gasteiger partial charge in [-0.2, -0.15) is 0 Å². The van der Waals surface area contributed by atoms with Crippen molar-refractivity contribution < 1.29 is 44.2 Å². The van der Waals surface area contributed by atoms with E-state index in [0.29, 0.717) is 28.4 Å². The van der Waals surface area contributed by atoms with E-state index in [1.165, 1.54) is 0 Å². The van der Waals surface area contributed by atoms with Gasteiger partial charge in [-0.3, -0.25) is 0 Å². The molecule has 1 aromatic rings. The summed E-state index contributed by atoms with van der Waals surface area (Å²) in [6, 6.07) is 0. The van der Waals surface area contributed by atoms with Crippen LogP contribution in [0.1, 0.15) is 9.67 Å². The summed E-state index contributed by atoms with van der Waals surface area (Å²) >= 11 is 4.34. The zero-order valence-electron chi connectivity index (χ0n) is 7.43. The first-order chi connectivity index (χ1) is 6.20. The minimum absolute atomic E-state index is 0. The van der Waals surface area contributed by atoms with Crippen molar-refractivity contribution in [3.05, 3.63) is 8.66 Å². The van der Waals surface area contributed by atoms with Crippen molar-refractivity contribution in [2.45, 2.75) is 0 Å². The number of halogens is 1. The van der Waals surface area contributed by atoms with Crippen LogP contribution in [-0.2, 0) is 0 Å². The molecule has 1 N–H and O–H groups in total. The van der Waals surface area contributed by atoms with Crippen LogP contribution >= 0.6 is 27.3 Å². The average molecular weight is 286 g/mol. The Balaban J connectivity index is 0.000000980. The van der Waals surface area contributed by atoms with E-state index in [2.05, 4.69) is 21.2 Å². The molecule has 2 heterocycles. The number of ether oxygens (including phenoxy) is 1. The number of hydrogen-bond donors (Lipinski definition) is 1. The molecule has 4 nitrogen and oxygen atoms in total. The smallest absolute Gasteiger partial charge is 0.544 e. The fraction of sp³-hybridized carbons (Fsp3) is 0.286. The molecular weight excluding hydrogens is 281 g/mol. The third kappa shape index (κ3) is 2.09. The number of aromatic carboxylic acids is 1. The molecule has 0 aliphatic carbocycles. The van der Waals surface area contributed by atoms with Gasteiger partial charge in [0.05, 0.1) is 16.5 Å². The monoisotopic (exact) mass is 285 g/mol. The molecule has 0 saturated carbocycles. The molecule has 0 spiro atoms. The normalized spacial score (nSPS) is 13.2. The fourth-order valence-electron chi connectivity index (χ4n) is 1.15. The third-order valence-electron chi connectivity index (χ3n) is 1.66. The molecule has 0 radical (unpaired) electrons. The van der Waals surface area contributed by atoms with Gasteiger partial charge in [-0.1, -0.05) is 0 Å². The predicted molar refractivity (Wildman–Crippen MR) is 50.3 cm³/mol. The zero-order chi connectivity index (χ0) is 9.42. The Kier molecular flexibility index (Phi) is 4.27. The first-order valence-corrected chi connectivity index (χ1v) is 5.21. The van der Waals surface area contributed by atoms with E-state index in [1.54, 1.807) is 0 Å². The van der Waals surface area contributed by atoms with Crippen molar-refractivity contribution in [1.29, 1.82) is 0 Å². The third-order valence-corrected chi connectivity index (χ3v) is 3.45. The molecule has 1 aliphatic heterocycles. The number of carbonyl (C=O) groups excluding carboxylic acids is 1. The minimum Gasteiger partial charge on any atom is -0.544 e. The second-order valence-corrected chi connectivity index (χ2v) is 4.81. The number of rotatable bonds is 1. The summed E-state index contributed by atoms with van der Waals surface area (Å²) in [5, 5.41) is 13.6. The van der Waals surface area contributed by atoms with Gasteiger partial charge in [0.2, 0.25) is 0 Å². The Labute approximate surface area is 115 Å². The van der Waals surface area contributed by atoms with E-state index in [0.717, 1.165) is 11.3 Å². The van der Waals surface area contributed by atoms with Gasteiger partial charge < -0.3 is 20.0 Å². The van der Waals surface area contributed by atoms with Crippen molar-refractivity contribution >= 4 is 38.9 Å². The molecule has 0 unspecified atom stereocenters. The van der Waals surface area contributed by atoms with E-state index in [4.69, 9.17) is 4.74 Å². The molecule has 1 aliphatic rings. The molecule has 0 saturated heterocycles. The summed E-state index contributed by atoms with van der Waals surface area (Å²) in [4.78, 5) is 10.9. The molecule has 7 heteroatoms. The molecule has 14 heavy (non-hydrogen) atoms. The molecular formula is C7H5BrNNaO3S. The van der Waals surface area contributed by atoms with E-state index in [1.807, 2.05) is 0 Å². The number of hydrogen-bond acceptors (Lipinski definition) is 5. The van der Waals surface area contributed by atoms with Gasteiger partial charge in [0.15, 0.2) is 5.75 Å². The van der Waals surface area contributed by atoms with Crippen LogP contribution in [-0.4, -0.2) is 19.1 Å². The minimum atomic E-state index is -1.18. The molecule has 0 aromatic carbocycles. The standard InChI is InChI=1S/C7H6BrNO3S.Na/c8-6-4-3(9-1-2-12-4)5(13-6)7(10)11;/h9H,1-2H2,(H,10,11);/q;+1/p-1. The van der Waals surface area contributed by atoms with Crippen molar-refractivity contribution in [2.24, 2.45) is 0 Å². The number of anilines is 1. The van der Waals surface area contributed by atoms with E-state index in [9.17, 15) is 9.90 Å². The summed E-state index contributed by atoms with van der Waals surface area (Å²) in [5.74, 6) is -0.597. The van der Waals surface area contributed by atoms with Crippen molar-refractivity contribution in [3.8, 4) is 5.75 Å².